The SMILES string of the molecule is CNC(=O)[C@@H]1C[C@H](N)CN1S(=O)(=O)Cc1ccc(C)cc1. The van der Waals surface area contributed by atoms with Crippen molar-refractivity contribution in [3.63, 3.8) is 0 Å². The molecule has 1 fully saturated rings. The number of benzene rings is 1. The second-order valence-electron chi connectivity index (χ2n) is 5.44. The van der Waals surface area contributed by atoms with E-state index in [1.165, 1.54) is 11.4 Å². The lowest BCUT2D eigenvalue weighted by Gasteiger charge is -2.22. The van der Waals surface area contributed by atoms with Gasteiger partial charge < -0.3 is 11.1 Å². The Morgan fingerprint density at radius 2 is 2.00 bits per heavy atom. The fourth-order valence-electron chi connectivity index (χ4n) is 2.53. The van der Waals surface area contributed by atoms with Crippen molar-refractivity contribution in [3.05, 3.63) is 35.4 Å². The maximum absolute atomic E-state index is 12.6. The van der Waals surface area contributed by atoms with Crippen LogP contribution in [0.5, 0.6) is 0 Å². The molecule has 2 rings (SSSR count). The minimum atomic E-state index is -3.57. The highest BCUT2D eigenvalue weighted by molar-refractivity contribution is 7.88. The molecule has 1 aromatic rings. The number of hydrogen-bond donors (Lipinski definition) is 2. The van der Waals surface area contributed by atoms with E-state index in [9.17, 15) is 13.2 Å². The van der Waals surface area contributed by atoms with E-state index in [1.54, 1.807) is 12.1 Å². The van der Waals surface area contributed by atoms with Crippen LogP contribution in [0.15, 0.2) is 24.3 Å². The maximum atomic E-state index is 12.6. The number of nitrogens with zero attached hydrogens (tertiary/aromatic N) is 1. The number of amides is 1. The number of sulfonamides is 1. The van der Waals surface area contributed by atoms with E-state index in [1.807, 2.05) is 19.1 Å². The van der Waals surface area contributed by atoms with Gasteiger partial charge in [0.15, 0.2) is 0 Å². The molecule has 1 aliphatic rings. The largest absolute Gasteiger partial charge is 0.358 e. The molecule has 1 saturated heterocycles. The molecule has 0 radical (unpaired) electrons. The zero-order valence-corrected chi connectivity index (χ0v) is 13.1. The van der Waals surface area contributed by atoms with Gasteiger partial charge in [-0.1, -0.05) is 29.8 Å². The molecular weight excluding hydrogens is 290 g/mol. The van der Waals surface area contributed by atoms with Crippen molar-refractivity contribution in [2.75, 3.05) is 13.6 Å². The van der Waals surface area contributed by atoms with Gasteiger partial charge in [0.2, 0.25) is 15.9 Å². The van der Waals surface area contributed by atoms with Crippen LogP contribution in [-0.4, -0.2) is 44.3 Å². The molecule has 3 N–H and O–H groups in total. The van der Waals surface area contributed by atoms with Crippen molar-refractivity contribution in [3.8, 4) is 0 Å². The van der Waals surface area contributed by atoms with Crippen LogP contribution in [0.25, 0.3) is 0 Å². The first kappa shape index (κ1) is 15.9. The zero-order valence-electron chi connectivity index (χ0n) is 12.2. The third-order valence-electron chi connectivity index (χ3n) is 3.66. The highest BCUT2D eigenvalue weighted by Gasteiger charge is 2.41. The van der Waals surface area contributed by atoms with E-state index in [2.05, 4.69) is 5.32 Å². The van der Waals surface area contributed by atoms with Crippen molar-refractivity contribution in [2.24, 2.45) is 5.73 Å². The van der Waals surface area contributed by atoms with E-state index in [0.717, 1.165) is 5.56 Å². The lowest BCUT2D eigenvalue weighted by Crippen LogP contribution is -2.45. The average molecular weight is 311 g/mol. The van der Waals surface area contributed by atoms with E-state index in [0.29, 0.717) is 12.0 Å². The number of aryl methyl sites for hydroxylation is 1. The first-order valence-electron chi connectivity index (χ1n) is 6.85. The molecule has 1 aliphatic heterocycles. The van der Waals surface area contributed by atoms with Gasteiger partial charge in [-0.2, -0.15) is 4.31 Å². The van der Waals surface area contributed by atoms with Gasteiger partial charge in [0.1, 0.15) is 6.04 Å². The lowest BCUT2D eigenvalue weighted by molar-refractivity contribution is -0.123. The van der Waals surface area contributed by atoms with Gasteiger partial charge in [-0.05, 0) is 18.9 Å². The minimum absolute atomic E-state index is 0.118. The Morgan fingerprint density at radius 1 is 1.38 bits per heavy atom. The number of hydrogen-bond acceptors (Lipinski definition) is 4. The van der Waals surface area contributed by atoms with E-state index < -0.39 is 16.1 Å². The number of rotatable bonds is 4. The molecular formula is C14H21N3O3S. The number of likely N-dealkylation sites (N-methyl/N-ethyl adjacent to an activating group) is 1. The monoisotopic (exact) mass is 311 g/mol. The number of nitrogens with two attached hydrogens (primary N) is 1. The molecule has 0 spiro atoms. The zero-order chi connectivity index (χ0) is 15.6. The third kappa shape index (κ3) is 3.61. The van der Waals surface area contributed by atoms with Crippen molar-refractivity contribution in [2.45, 2.75) is 31.2 Å². The molecule has 6 nitrogen and oxygen atoms in total. The molecule has 1 aromatic carbocycles. The smallest absolute Gasteiger partial charge is 0.238 e. The molecule has 2 atom stereocenters. The Labute approximate surface area is 125 Å². The second-order valence-corrected chi connectivity index (χ2v) is 7.36. The van der Waals surface area contributed by atoms with Crippen LogP contribution in [0.3, 0.4) is 0 Å². The maximum Gasteiger partial charge on any atom is 0.238 e. The summed E-state index contributed by atoms with van der Waals surface area (Å²) >= 11 is 0. The number of carbonyl (C=O) groups excluding carboxylic acids is 1. The Bertz CT molecular complexity index is 613. The second kappa shape index (κ2) is 6.13. The van der Waals surface area contributed by atoms with Gasteiger partial charge in [-0.3, -0.25) is 4.79 Å². The summed E-state index contributed by atoms with van der Waals surface area (Å²) in [5.74, 6) is -0.427. The standard InChI is InChI=1S/C14H21N3O3S/c1-10-3-5-11(6-4-10)9-21(19,20)17-8-12(15)7-13(17)14(18)16-2/h3-6,12-13H,7-9,15H2,1-2H3,(H,16,18)/t12-,13-/m0/s1. The van der Waals surface area contributed by atoms with Gasteiger partial charge in [0.25, 0.3) is 0 Å². The van der Waals surface area contributed by atoms with E-state index in [4.69, 9.17) is 5.73 Å². The molecule has 116 valence electrons. The lowest BCUT2D eigenvalue weighted by atomic mass is 10.2. The average Bonchev–Trinajstić information content (AvgIpc) is 2.83. The van der Waals surface area contributed by atoms with Gasteiger partial charge in [-0.25, -0.2) is 8.42 Å². The highest BCUT2D eigenvalue weighted by Crippen LogP contribution is 2.23. The van der Waals surface area contributed by atoms with Crippen LogP contribution >= 0.6 is 0 Å². The summed E-state index contributed by atoms with van der Waals surface area (Å²) in [6.45, 7) is 2.13. The summed E-state index contributed by atoms with van der Waals surface area (Å²) in [6, 6.07) is 6.31. The van der Waals surface area contributed by atoms with Crippen LogP contribution in [0.2, 0.25) is 0 Å². The summed E-state index contributed by atoms with van der Waals surface area (Å²) in [7, 11) is -2.07. The normalized spacial score (nSPS) is 23.2. The Hall–Kier alpha value is -1.44. The van der Waals surface area contributed by atoms with Crippen LogP contribution in [-0.2, 0) is 20.6 Å². The van der Waals surface area contributed by atoms with Crippen LogP contribution in [0.1, 0.15) is 17.5 Å². The molecule has 0 bridgehead atoms. The van der Waals surface area contributed by atoms with Crippen LogP contribution < -0.4 is 11.1 Å². The molecule has 1 amide bonds. The molecule has 1 heterocycles. The van der Waals surface area contributed by atoms with Gasteiger partial charge in [0.05, 0.1) is 5.75 Å². The molecule has 0 aromatic heterocycles. The Kier molecular flexibility index (Phi) is 4.65. The Balaban J connectivity index is 2.21. The van der Waals surface area contributed by atoms with Crippen molar-refractivity contribution >= 4 is 15.9 Å². The fraction of sp³-hybridized carbons (Fsp3) is 0.500. The highest BCUT2D eigenvalue weighted by atomic mass is 32.2. The number of nitrogens with one attached hydrogen (secondary N) is 1. The van der Waals surface area contributed by atoms with E-state index >= 15 is 0 Å². The molecule has 0 saturated carbocycles. The molecule has 7 heteroatoms. The summed E-state index contributed by atoms with van der Waals surface area (Å²) in [5.41, 5.74) is 7.61. The minimum Gasteiger partial charge on any atom is -0.358 e. The predicted molar refractivity (Wildman–Crippen MR) is 81.0 cm³/mol. The van der Waals surface area contributed by atoms with Crippen LogP contribution in [0, 0.1) is 6.92 Å². The number of carbonyl (C=O) groups is 1. The third-order valence-corrected chi connectivity index (χ3v) is 5.48. The van der Waals surface area contributed by atoms with Crippen LogP contribution in [0.4, 0.5) is 0 Å². The van der Waals surface area contributed by atoms with Crippen molar-refractivity contribution in [1.82, 2.24) is 9.62 Å². The Morgan fingerprint density at radius 3 is 2.57 bits per heavy atom. The quantitative estimate of drug-likeness (QED) is 0.817. The van der Waals surface area contributed by atoms with E-state index in [-0.39, 0.29) is 24.2 Å². The summed E-state index contributed by atoms with van der Waals surface area (Å²) in [4.78, 5) is 11.8. The predicted octanol–water partition coefficient (Wildman–Crippen LogP) is -0.0276. The summed E-state index contributed by atoms with van der Waals surface area (Å²) < 4.78 is 26.3. The van der Waals surface area contributed by atoms with Gasteiger partial charge in [0, 0.05) is 19.6 Å². The summed E-state index contributed by atoms with van der Waals surface area (Å²) in [5, 5.41) is 2.50. The topological polar surface area (TPSA) is 92.5 Å². The first-order valence-corrected chi connectivity index (χ1v) is 8.46. The molecule has 0 unspecified atom stereocenters. The van der Waals surface area contributed by atoms with Crippen molar-refractivity contribution < 1.29 is 13.2 Å². The summed E-state index contributed by atoms with van der Waals surface area (Å²) in [6.07, 6.45) is 0.354. The molecule has 0 aliphatic carbocycles. The first-order chi connectivity index (χ1) is 9.83. The van der Waals surface area contributed by atoms with Gasteiger partial charge >= 0.3 is 0 Å². The fourth-order valence-corrected chi connectivity index (χ4v) is 4.29. The van der Waals surface area contributed by atoms with Crippen molar-refractivity contribution in [1.29, 1.82) is 0 Å². The molecule has 21 heavy (non-hydrogen) atoms. The van der Waals surface area contributed by atoms with Gasteiger partial charge in [-0.15, -0.1) is 0 Å².